The lowest BCUT2D eigenvalue weighted by Gasteiger charge is -2.22. The van der Waals surface area contributed by atoms with Crippen LogP contribution in [0.4, 0.5) is 0 Å². The Hall–Kier alpha value is -2.98. The van der Waals surface area contributed by atoms with E-state index >= 15 is 0 Å². The van der Waals surface area contributed by atoms with Gasteiger partial charge in [-0.1, -0.05) is 13.3 Å². The highest BCUT2D eigenvalue weighted by Crippen LogP contribution is 2.15. The van der Waals surface area contributed by atoms with Gasteiger partial charge in [-0.3, -0.25) is 19.2 Å². The van der Waals surface area contributed by atoms with Crippen LogP contribution in [0.25, 0.3) is 0 Å². The number of carbonyl (C=O) groups excluding carboxylic acids is 6. The monoisotopic (exact) mass is 443 g/mol. The molecule has 1 fully saturated rings. The van der Waals surface area contributed by atoms with Crippen LogP contribution >= 0.6 is 0 Å². The van der Waals surface area contributed by atoms with Crippen molar-refractivity contribution in [1.82, 2.24) is 5.06 Å². The van der Waals surface area contributed by atoms with Crippen LogP contribution in [0.15, 0.2) is 0 Å². The molecule has 0 aliphatic carbocycles. The molecule has 0 unspecified atom stereocenters. The van der Waals surface area contributed by atoms with E-state index in [4.69, 9.17) is 14.2 Å². The Morgan fingerprint density at radius 3 is 2.10 bits per heavy atom. The van der Waals surface area contributed by atoms with Crippen molar-refractivity contribution in [3.63, 3.8) is 0 Å². The second kappa shape index (κ2) is 12.0. The number of amides is 2. The second-order valence-corrected chi connectivity index (χ2v) is 7.84. The summed E-state index contributed by atoms with van der Waals surface area (Å²) in [6.45, 7) is 6.93. The van der Waals surface area contributed by atoms with Gasteiger partial charge in [0, 0.05) is 12.8 Å². The topological polar surface area (TPSA) is 143 Å². The van der Waals surface area contributed by atoms with Crippen molar-refractivity contribution in [3.05, 3.63) is 0 Å². The van der Waals surface area contributed by atoms with Gasteiger partial charge in [0.15, 0.2) is 0 Å². The molecule has 0 bridgehead atoms. The van der Waals surface area contributed by atoms with E-state index in [0.29, 0.717) is 11.5 Å². The second-order valence-electron chi connectivity index (χ2n) is 7.84. The van der Waals surface area contributed by atoms with Gasteiger partial charge < -0.3 is 19.0 Å². The van der Waals surface area contributed by atoms with E-state index in [0.717, 1.165) is 6.42 Å². The molecule has 0 spiro atoms. The minimum absolute atomic E-state index is 0.0549. The molecule has 1 rings (SSSR count). The third-order valence-corrected chi connectivity index (χ3v) is 3.78. The Labute approximate surface area is 180 Å². The number of imide groups is 1. The number of hydrogen-bond acceptors (Lipinski definition) is 10. The van der Waals surface area contributed by atoms with Gasteiger partial charge in [-0.15, -0.1) is 5.06 Å². The Morgan fingerprint density at radius 2 is 1.55 bits per heavy atom. The Kier molecular flexibility index (Phi) is 10.1. The summed E-state index contributed by atoms with van der Waals surface area (Å²) in [7, 11) is 0. The smallest absolute Gasteiger partial charge is 0.348 e. The fourth-order valence-electron chi connectivity index (χ4n) is 2.34. The first-order valence-electron chi connectivity index (χ1n) is 10.1. The van der Waals surface area contributed by atoms with Crippen LogP contribution in [0, 0.1) is 0 Å². The van der Waals surface area contributed by atoms with Crippen LogP contribution in [0.1, 0.15) is 72.6 Å². The van der Waals surface area contributed by atoms with E-state index in [1.54, 1.807) is 20.8 Å². The van der Waals surface area contributed by atoms with Crippen molar-refractivity contribution in [3.8, 4) is 0 Å². The lowest BCUT2D eigenvalue weighted by atomic mass is 10.2. The molecule has 31 heavy (non-hydrogen) atoms. The van der Waals surface area contributed by atoms with Crippen molar-refractivity contribution in [2.75, 3.05) is 6.61 Å². The molecule has 0 saturated carbocycles. The van der Waals surface area contributed by atoms with Crippen LogP contribution in [-0.2, 0) is 47.8 Å². The lowest BCUT2D eigenvalue weighted by molar-refractivity contribution is -0.197. The fraction of sp³-hybridized carbons (Fsp3) is 0.700. The van der Waals surface area contributed by atoms with Crippen molar-refractivity contribution >= 4 is 35.7 Å². The number of rotatable bonds is 11. The molecule has 0 N–H and O–H groups in total. The van der Waals surface area contributed by atoms with Gasteiger partial charge >= 0.3 is 23.9 Å². The minimum Gasteiger partial charge on any atom is -0.463 e. The van der Waals surface area contributed by atoms with E-state index in [1.165, 1.54) is 0 Å². The molecule has 0 aromatic carbocycles. The van der Waals surface area contributed by atoms with E-state index < -0.39 is 66.7 Å². The van der Waals surface area contributed by atoms with Gasteiger partial charge in [-0.2, -0.15) is 0 Å². The zero-order chi connectivity index (χ0) is 23.6. The van der Waals surface area contributed by atoms with Gasteiger partial charge in [0.2, 0.25) is 6.10 Å². The number of hydrogen-bond donors (Lipinski definition) is 0. The first kappa shape index (κ1) is 26.1. The van der Waals surface area contributed by atoms with Crippen LogP contribution in [0.2, 0.25) is 0 Å². The average Bonchev–Trinajstić information content (AvgIpc) is 2.96. The highest BCUT2D eigenvalue weighted by Gasteiger charge is 2.33. The van der Waals surface area contributed by atoms with Gasteiger partial charge in [-0.25, -0.2) is 9.59 Å². The van der Waals surface area contributed by atoms with Gasteiger partial charge in [0.05, 0.1) is 25.9 Å². The Balaban J connectivity index is 2.60. The number of ether oxygens (including phenoxy) is 3. The van der Waals surface area contributed by atoms with E-state index in [9.17, 15) is 28.8 Å². The van der Waals surface area contributed by atoms with Crippen molar-refractivity contribution in [2.24, 2.45) is 0 Å². The molecule has 0 aromatic rings. The molecule has 0 radical (unpaired) electrons. The Bertz CT molecular complexity index is 693. The summed E-state index contributed by atoms with van der Waals surface area (Å²) >= 11 is 0. The quantitative estimate of drug-likeness (QED) is 0.199. The van der Waals surface area contributed by atoms with Crippen LogP contribution < -0.4 is 0 Å². The Morgan fingerprint density at radius 1 is 0.968 bits per heavy atom. The summed E-state index contributed by atoms with van der Waals surface area (Å²) < 4.78 is 15.2. The molecular weight excluding hydrogens is 414 g/mol. The minimum atomic E-state index is -1.53. The van der Waals surface area contributed by atoms with Gasteiger partial charge in [-0.05, 0) is 27.2 Å². The average molecular weight is 443 g/mol. The summed E-state index contributed by atoms with van der Waals surface area (Å²) in [4.78, 5) is 75.6. The highest BCUT2D eigenvalue weighted by molar-refractivity contribution is 6.01. The standard InChI is InChI=1S/C20H29NO10/c1-5-6-11-28-19(27)13(12-18(26)30-20(2,3)4)29-16(24)9-10-17(25)31-21-14(22)7-8-15(21)23/h13H,5-12H2,1-4H3/t13-/m0/s1. The number of nitrogens with zero attached hydrogens (tertiary/aromatic N) is 1. The van der Waals surface area contributed by atoms with Crippen molar-refractivity contribution < 1.29 is 47.8 Å². The van der Waals surface area contributed by atoms with Crippen molar-refractivity contribution in [1.29, 1.82) is 0 Å². The third-order valence-electron chi connectivity index (χ3n) is 3.78. The van der Waals surface area contributed by atoms with E-state index in [1.807, 2.05) is 6.92 Å². The third kappa shape index (κ3) is 10.1. The van der Waals surface area contributed by atoms with Crippen LogP contribution in [0.3, 0.4) is 0 Å². The maximum absolute atomic E-state index is 12.2. The van der Waals surface area contributed by atoms with Crippen LogP contribution in [-0.4, -0.2) is 59.1 Å². The predicted molar refractivity (Wildman–Crippen MR) is 103 cm³/mol. The summed E-state index contributed by atoms with van der Waals surface area (Å²) in [6, 6.07) is 0. The van der Waals surface area contributed by atoms with Crippen LogP contribution in [0.5, 0.6) is 0 Å². The molecule has 1 heterocycles. The largest absolute Gasteiger partial charge is 0.463 e. The molecule has 0 aromatic heterocycles. The zero-order valence-corrected chi connectivity index (χ0v) is 18.3. The van der Waals surface area contributed by atoms with E-state index in [-0.39, 0.29) is 19.4 Å². The van der Waals surface area contributed by atoms with Crippen molar-refractivity contribution in [2.45, 2.75) is 84.3 Å². The number of hydroxylamine groups is 2. The molecule has 1 aliphatic heterocycles. The van der Waals surface area contributed by atoms with Gasteiger partial charge in [0.1, 0.15) is 5.60 Å². The SMILES string of the molecule is CCCCOC(=O)[C@H](CC(=O)OC(C)(C)C)OC(=O)CCC(=O)ON1C(=O)CCC1=O. The van der Waals surface area contributed by atoms with Gasteiger partial charge in [0.25, 0.3) is 11.8 Å². The van der Waals surface area contributed by atoms with E-state index in [2.05, 4.69) is 4.84 Å². The number of unbranched alkanes of at least 4 members (excludes halogenated alkanes) is 1. The molecular formula is C20H29NO10. The summed E-state index contributed by atoms with van der Waals surface area (Å²) in [5, 5.41) is 0.365. The molecule has 11 heteroatoms. The summed E-state index contributed by atoms with van der Waals surface area (Å²) in [6.07, 6.45) is -1.82. The number of carbonyl (C=O) groups is 6. The molecule has 1 atom stereocenters. The predicted octanol–water partition coefficient (Wildman–Crippen LogP) is 1.36. The maximum atomic E-state index is 12.2. The highest BCUT2D eigenvalue weighted by atomic mass is 16.7. The maximum Gasteiger partial charge on any atom is 0.348 e. The normalized spacial score (nSPS) is 14.8. The first-order chi connectivity index (χ1) is 14.4. The molecule has 174 valence electrons. The lowest BCUT2D eigenvalue weighted by Crippen LogP contribution is -2.35. The first-order valence-corrected chi connectivity index (χ1v) is 10.1. The molecule has 2 amide bonds. The number of esters is 3. The molecule has 11 nitrogen and oxygen atoms in total. The zero-order valence-electron chi connectivity index (χ0n) is 18.3. The summed E-state index contributed by atoms with van der Waals surface area (Å²) in [5.74, 6) is -4.90. The molecule has 1 saturated heterocycles. The fourth-order valence-corrected chi connectivity index (χ4v) is 2.34. The summed E-state index contributed by atoms with van der Waals surface area (Å²) in [5.41, 5.74) is -0.800. The molecule has 1 aliphatic rings.